The summed E-state index contributed by atoms with van der Waals surface area (Å²) >= 11 is 0. The summed E-state index contributed by atoms with van der Waals surface area (Å²) in [5.74, 6) is 0.0890. The normalized spacial score (nSPS) is 19.1. The lowest BCUT2D eigenvalue weighted by atomic mass is 10.3. The molecule has 1 aliphatic heterocycles. The van der Waals surface area contributed by atoms with Crippen LogP contribution in [0.25, 0.3) is 0 Å². The fraction of sp³-hybridized carbons (Fsp3) is 0.909. The molecule has 4 heteroatoms. The molecule has 15 heavy (non-hydrogen) atoms. The Bertz CT molecular complexity index is 190. The van der Waals surface area contributed by atoms with Gasteiger partial charge in [0.25, 0.3) is 0 Å². The SMILES string of the molecule is CCNC(=O)CNCC(C)N1CCCC1. The smallest absolute Gasteiger partial charge is 0.233 e. The number of rotatable bonds is 6. The van der Waals surface area contributed by atoms with Crippen LogP contribution in [0, 0.1) is 0 Å². The molecule has 88 valence electrons. The molecular weight excluding hydrogens is 190 g/mol. The Hall–Kier alpha value is -0.610. The van der Waals surface area contributed by atoms with Gasteiger partial charge in [-0.2, -0.15) is 0 Å². The van der Waals surface area contributed by atoms with Gasteiger partial charge in [0.05, 0.1) is 6.54 Å². The second kappa shape index (κ2) is 6.80. The number of carbonyl (C=O) groups is 1. The maximum atomic E-state index is 11.2. The number of likely N-dealkylation sites (tertiary alicyclic amines) is 1. The zero-order chi connectivity index (χ0) is 11.1. The van der Waals surface area contributed by atoms with Crippen LogP contribution in [0.5, 0.6) is 0 Å². The van der Waals surface area contributed by atoms with E-state index in [-0.39, 0.29) is 5.91 Å². The van der Waals surface area contributed by atoms with Crippen LogP contribution in [0.3, 0.4) is 0 Å². The van der Waals surface area contributed by atoms with Crippen LogP contribution in [0.4, 0.5) is 0 Å². The number of nitrogens with zero attached hydrogens (tertiary/aromatic N) is 1. The summed E-state index contributed by atoms with van der Waals surface area (Å²) < 4.78 is 0. The monoisotopic (exact) mass is 213 g/mol. The summed E-state index contributed by atoms with van der Waals surface area (Å²) in [5, 5.41) is 5.97. The number of amides is 1. The molecule has 0 aliphatic carbocycles. The third-order valence-corrected chi connectivity index (χ3v) is 2.86. The van der Waals surface area contributed by atoms with Crippen LogP contribution in [-0.2, 0) is 4.79 Å². The van der Waals surface area contributed by atoms with E-state index in [0.29, 0.717) is 19.1 Å². The van der Waals surface area contributed by atoms with Crippen molar-refractivity contribution >= 4 is 5.91 Å². The Morgan fingerprint density at radius 1 is 1.40 bits per heavy atom. The van der Waals surface area contributed by atoms with E-state index in [9.17, 15) is 4.79 Å². The van der Waals surface area contributed by atoms with Crippen molar-refractivity contribution in [3.63, 3.8) is 0 Å². The maximum Gasteiger partial charge on any atom is 0.233 e. The summed E-state index contributed by atoms with van der Waals surface area (Å²) in [5.41, 5.74) is 0. The van der Waals surface area contributed by atoms with Crippen molar-refractivity contribution in [3.8, 4) is 0 Å². The Morgan fingerprint density at radius 3 is 2.67 bits per heavy atom. The van der Waals surface area contributed by atoms with Crippen molar-refractivity contribution < 1.29 is 4.79 Å². The van der Waals surface area contributed by atoms with Gasteiger partial charge in [0, 0.05) is 19.1 Å². The van der Waals surface area contributed by atoms with Gasteiger partial charge in [0.1, 0.15) is 0 Å². The van der Waals surface area contributed by atoms with E-state index in [1.165, 1.54) is 25.9 Å². The number of hydrogen-bond donors (Lipinski definition) is 2. The van der Waals surface area contributed by atoms with Gasteiger partial charge in [-0.25, -0.2) is 0 Å². The molecule has 1 saturated heterocycles. The molecule has 1 rings (SSSR count). The first-order chi connectivity index (χ1) is 7.24. The zero-order valence-electron chi connectivity index (χ0n) is 9.88. The summed E-state index contributed by atoms with van der Waals surface area (Å²) in [6.45, 7) is 8.63. The first kappa shape index (κ1) is 12.5. The van der Waals surface area contributed by atoms with Crippen LogP contribution in [0.2, 0.25) is 0 Å². The summed E-state index contributed by atoms with van der Waals surface area (Å²) in [6.07, 6.45) is 2.64. The number of hydrogen-bond acceptors (Lipinski definition) is 3. The van der Waals surface area contributed by atoms with E-state index >= 15 is 0 Å². The lowest BCUT2D eigenvalue weighted by molar-refractivity contribution is -0.120. The van der Waals surface area contributed by atoms with Gasteiger partial charge in [-0.1, -0.05) is 0 Å². The Labute approximate surface area is 92.4 Å². The van der Waals surface area contributed by atoms with Gasteiger partial charge in [-0.3, -0.25) is 9.69 Å². The third kappa shape index (κ3) is 4.62. The first-order valence-corrected chi connectivity index (χ1v) is 5.95. The van der Waals surface area contributed by atoms with Gasteiger partial charge in [-0.15, -0.1) is 0 Å². The van der Waals surface area contributed by atoms with E-state index in [1.54, 1.807) is 0 Å². The standard InChI is InChI=1S/C11H23N3O/c1-3-13-11(15)9-12-8-10(2)14-6-4-5-7-14/h10,12H,3-9H2,1-2H3,(H,13,15). The Balaban J connectivity index is 2.05. The Morgan fingerprint density at radius 2 is 2.07 bits per heavy atom. The molecule has 0 aromatic carbocycles. The molecule has 1 aliphatic rings. The highest BCUT2D eigenvalue weighted by atomic mass is 16.1. The van der Waals surface area contributed by atoms with Gasteiger partial charge >= 0.3 is 0 Å². The lowest BCUT2D eigenvalue weighted by Gasteiger charge is -2.23. The van der Waals surface area contributed by atoms with Crippen LogP contribution in [0.1, 0.15) is 26.7 Å². The van der Waals surface area contributed by atoms with Gasteiger partial charge in [0.15, 0.2) is 0 Å². The largest absolute Gasteiger partial charge is 0.355 e. The third-order valence-electron chi connectivity index (χ3n) is 2.86. The molecule has 4 nitrogen and oxygen atoms in total. The molecule has 0 saturated carbocycles. The van der Waals surface area contributed by atoms with Crippen molar-refractivity contribution in [3.05, 3.63) is 0 Å². The van der Waals surface area contributed by atoms with E-state index in [1.807, 2.05) is 6.92 Å². The molecule has 1 unspecified atom stereocenters. The van der Waals surface area contributed by atoms with Gasteiger partial charge in [-0.05, 0) is 39.8 Å². The van der Waals surface area contributed by atoms with E-state index in [4.69, 9.17) is 0 Å². The summed E-state index contributed by atoms with van der Waals surface area (Å²) in [6, 6.07) is 0.543. The molecule has 0 spiro atoms. The van der Waals surface area contributed by atoms with Crippen LogP contribution >= 0.6 is 0 Å². The minimum atomic E-state index is 0.0890. The number of carbonyl (C=O) groups excluding carboxylic acids is 1. The molecular formula is C11H23N3O. The molecule has 0 bridgehead atoms. The molecule has 2 N–H and O–H groups in total. The molecule has 1 amide bonds. The van der Waals surface area contributed by atoms with E-state index in [0.717, 1.165) is 6.54 Å². The first-order valence-electron chi connectivity index (χ1n) is 5.95. The topological polar surface area (TPSA) is 44.4 Å². The van der Waals surface area contributed by atoms with Crippen molar-refractivity contribution in [1.82, 2.24) is 15.5 Å². The van der Waals surface area contributed by atoms with Crippen molar-refractivity contribution in [1.29, 1.82) is 0 Å². The number of likely N-dealkylation sites (N-methyl/N-ethyl adjacent to an activating group) is 1. The summed E-state index contributed by atoms with van der Waals surface area (Å²) in [4.78, 5) is 13.6. The average Bonchev–Trinajstić information content (AvgIpc) is 2.70. The van der Waals surface area contributed by atoms with Gasteiger partial charge in [0.2, 0.25) is 5.91 Å². The average molecular weight is 213 g/mol. The van der Waals surface area contributed by atoms with Crippen LogP contribution < -0.4 is 10.6 Å². The molecule has 1 fully saturated rings. The van der Waals surface area contributed by atoms with Crippen molar-refractivity contribution in [2.45, 2.75) is 32.7 Å². The fourth-order valence-corrected chi connectivity index (χ4v) is 1.97. The van der Waals surface area contributed by atoms with Crippen molar-refractivity contribution in [2.24, 2.45) is 0 Å². The summed E-state index contributed by atoms with van der Waals surface area (Å²) in [7, 11) is 0. The minimum absolute atomic E-state index is 0.0890. The minimum Gasteiger partial charge on any atom is -0.355 e. The predicted octanol–water partition coefficient (Wildman–Crippen LogP) is 0.196. The van der Waals surface area contributed by atoms with E-state index < -0.39 is 0 Å². The van der Waals surface area contributed by atoms with Crippen LogP contribution in [0.15, 0.2) is 0 Å². The van der Waals surface area contributed by atoms with Crippen molar-refractivity contribution in [2.75, 3.05) is 32.7 Å². The lowest BCUT2D eigenvalue weighted by Crippen LogP contribution is -2.42. The van der Waals surface area contributed by atoms with E-state index in [2.05, 4.69) is 22.5 Å². The maximum absolute atomic E-state index is 11.2. The Kier molecular flexibility index (Phi) is 5.65. The van der Waals surface area contributed by atoms with Crippen LogP contribution in [-0.4, -0.2) is 49.6 Å². The predicted molar refractivity (Wildman–Crippen MR) is 61.8 cm³/mol. The zero-order valence-corrected chi connectivity index (χ0v) is 9.88. The molecule has 1 heterocycles. The highest BCUT2D eigenvalue weighted by molar-refractivity contribution is 5.77. The second-order valence-corrected chi connectivity index (χ2v) is 4.18. The molecule has 1 atom stereocenters. The number of nitrogens with one attached hydrogen (secondary N) is 2. The highest BCUT2D eigenvalue weighted by Gasteiger charge is 2.17. The van der Waals surface area contributed by atoms with Gasteiger partial charge < -0.3 is 10.6 Å². The fourth-order valence-electron chi connectivity index (χ4n) is 1.97. The highest BCUT2D eigenvalue weighted by Crippen LogP contribution is 2.10. The molecule has 0 aromatic heterocycles. The molecule has 0 aromatic rings. The quantitative estimate of drug-likeness (QED) is 0.662. The second-order valence-electron chi connectivity index (χ2n) is 4.18. The molecule has 0 radical (unpaired) electrons.